The molecule has 144 valence electrons. The van der Waals surface area contributed by atoms with Crippen molar-refractivity contribution in [3.8, 4) is 11.1 Å². The van der Waals surface area contributed by atoms with Gasteiger partial charge in [0, 0.05) is 23.0 Å². The first kappa shape index (κ1) is 18.7. The molecule has 0 aliphatic heterocycles. The lowest BCUT2D eigenvalue weighted by Crippen LogP contribution is -2.24. The van der Waals surface area contributed by atoms with Gasteiger partial charge in [0.2, 0.25) is 0 Å². The number of rotatable bonds is 5. The van der Waals surface area contributed by atoms with Gasteiger partial charge in [0.15, 0.2) is 0 Å². The highest BCUT2D eigenvalue weighted by molar-refractivity contribution is 6.47. The summed E-state index contributed by atoms with van der Waals surface area (Å²) < 4.78 is 1.74. The number of hydrogen-bond acceptors (Lipinski definition) is 3. The molecule has 4 aromatic rings. The van der Waals surface area contributed by atoms with Crippen molar-refractivity contribution >= 4 is 22.9 Å². The van der Waals surface area contributed by atoms with Gasteiger partial charge in [0.05, 0.1) is 6.10 Å². The molecule has 0 spiro atoms. The number of carbonyl (C=O) groups is 2. The average Bonchev–Trinajstić information content (AvgIpc) is 3.13. The quantitative estimate of drug-likeness (QED) is 0.394. The lowest BCUT2D eigenvalue weighted by Gasteiger charge is -2.09. The maximum Gasteiger partial charge on any atom is 0.298 e. The summed E-state index contributed by atoms with van der Waals surface area (Å²) in [6.45, 7) is 1.67. The molecule has 1 unspecified atom stereocenters. The number of nitrogens with zero attached hydrogens (tertiary/aromatic N) is 1. The fraction of sp³-hybridized carbons (Fsp3) is 0.0833. The zero-order chi connectivity index (χ0) is 20.4. The highest BCUT2D eigenvalue weighted by Crippen LogP contribution is 2.28. The van der Waals surface area contributed by atoms with E-state index in [2.05, 4.69) is 5.32 Å². The summed E-state index contributed by atoms with van der Waals surface area (Å²) in [5.41, 5.74) is 3.97. The normalized spacial score (nSPS) is 11.9. The maximum atomic E-state index is 13.1. The minimum absolute atomic E-state index is 0.324. The Morgan fingerprint density at radius 2 is 1.62 bits per heavy atom. The lowest BCUT2D eigenvalue weighted by atomic mass is 10.0. The molecule has 2 N–H and O–H groups in total. The van der Waals surface area contributed by atoms with Crippen LogP contribution in [0, 0.1) is 0 Å². The third-order valence-electron chi connectivity index (χ3n) is 4.84. The van der Waals surface area contributed by atoms with Gasteiger partial charge >= 0.3 is 0 Å². The van der Waals surface area contributed by atoms with Gasteiger partial charge in [0.1, 0.15) is 5.69 Å². The second-order valence-corrected chi connectivity index (χ2v) is 6.85. The number of amides is 1. The van der Waals surface area contributed by atoms with Crippen molar-refractivity contribution < 1.29 is 14.7 Å². The van der Waals surface area contributed by atoms with E-state index < -0.39 is 17.8 Å². The number of Topliss-reactive ketones (excluding diaryl/α,β-unsaturated/α-hetero) is 1. The topological polar surface area (TPSA) is 70.8 Å². The van der Waals surface area contributed by atoms with Crippen molar-refractivity contribution in [2.24, 2.45) is 0 Å². The molecule has 1 amide bonds. The van der Waals surface area contributed by atoms with Crippen LogP contribution in [-0.2, 0) is 4.79 Å². The van der Waals surface area contributed by atoms with Crippen LogP contribution >= 0.6 is 0 Å². The first-order valence-electron chi connectivity index (χ1n) is 9.34. The largest absolute Gasteiger partial charge is 0.389 e. The molecule has 2 aromatic carbocycles. The van der Waals surface area contributed by atoms with Gasteiger partial charge in [-0.3, -0.25) is 9.59 Å². The molecule has 5 heteroatoms. The van der Waals surface area contributed by atoms with E-state index in [9.17, 15) is 14.7 Å². The van der Waals surface area contributed by atoms with Crippen LogP contribution in [0.15, 0.2) is 85.1 Å². The Balaban J connectivity index is 1.70. The van der Waals surface area contributed by atoms with Crippen LogP contribution in [0.5, 0.6) is 0 Å². The highest BCUT2D eigenvalue weighted by Gasteiger charge is 2.24. The Labute approximate surface area is 168 Å². The van der Waals surface area contributed by atoms with Gasteiger partial charge in [0.25, 0.3) is 11.7 Å². The molecule has 2 aromatic heterocycles. The summed E-state index contributed by atoms with van der Waals surface area (Å²) in [7, 11) is 0. The number of anilines is 1. The number of aliphatic hydroxyl groups is 1. The van der Waals surface area contributed by atoms with Crippen LogP contribution in [0.2, 0.25) is 0 Å². The number of aromatic nitrogens is 1. The van der Waals surface area contributed by atoms with Gasteiger partial charge in [-0.2, -0.15) is 0 Å². The first-order chi connectivity index (χ1) is 14.0. The predicted octanol–water partition coefficient (Wildman–Crippen LogP) is 4.48. The van der Waals surface area contributed by atoms with E-state index in [1.54, 1.807) is 41.8 Å². The number of pyridine rings is 1. The fourth-order valence-electron chi connectivity index (χ4n) is 3.33. The number of nitrogens with one attached hydrogen (secondary N) is 1. The zero-order valence-corrected chi connectivity index (χ0v) is 15.9. The molecule has 0 aliphatic rings. The van der Waals surface area contributed by atoms with Gasteiger partial charge in [-0.25, -0.2) is 0 Å². The standard InChI is InChI=1S/C24H20N2O3/c1-16(27)17-10-12-19(13-11-17)25-24(29)23(28)22-21(18-7-3-2-4-8-18)15-20-9-5-6-14-26(20)22/h2-16,27H,1H3,(H,25,29). The molecule has 5 nitrogen and oxygen atoms in total. The average molecular weight is 384 g/mol. The molecule has 2 heterocycles. The van der Waals surface area contributed by atoms with Gasteiger partial charge in [-0.15, -0.1) is 0 Å². The Morgan fingerprint density at radius 3 is 2.31 bits per heavy atom. The number of hydrogen-bond donors (Lipinski definition) is 2. The maximum absolute atomic E-state index is 13.1. The van der Waals surface area contributed by atoms with E-state index in [0.717, 1.165) is 16.6 Å². The summed E-state index contributed by atoms with van der Waals surface area (Å²) in [4.78, 5) is 25.9. The zero-order valence-electron chi connectivity index (χ0n) is 15.9. The van der Waals surface area contributed by atoms with Crippen molar-refractivity contribution in [2.75, 3.05) is 5.32 Å². The van der Waals surface area contributed by atoms with Gasteiger partial charge < -0.3 is 14.8 Å². The SMILES string of the molecule is CC(O)c1ccc(NC(=O)C(=O)c2c(-c3ccccc3)cc3ccccn23)cc1. The molecular weight excluding hydrogens is 364 g/mol. The second-order valence-electron chi connectivity index (χ2n) is 6.85. The minimum atomic E-state index is -0.712. The number of ketones is 1. The van der Waals surface area contributed by atoms with E-state index in [1.165, 1.54) is 0 Å². The smallest absolute Gasteiger partial charge is 0.298 e. The molecule has 0 radical (unpaired) electrons. The van der Waals surface area contributed by atoms with Gasteiger partial charge in [-0.05, 0) is 48.4 Å². The third-order valence-corrected chi connectivity index (χ3v) is 4.84. The van der Waals surface area contributed by atoms with Crippen LogP contribution in [-0.4, -0.2) is 21.2 Å². The number of aliphatic hydroxyl groups excluding tert-OH is 1. The Kier molecular flexibility index (Phi) is 4.97. The molecule has 29 heavy (non-hydrogen) atoms. The summed E-state index contributed by atoms with van der Waals surface area (Å²) in [6, 6.07) is 23.8. The van der Waals surface area contributed by atoms with Crippen LogP contribution in [0.25, 0.3) is 16.6 Å². The van der Waals surface area contributed by atoms with E-state index in [-0.39, 0.29) is 0 Å². The molecule has 0 saturated carbocycles. The number of fused-ring (bicyclic) bond motifs is 1. The molecular formula is C24H20N2O3. The Hall–Kier alpha value is -3.70. The van der Waals surface area contributed by atoms with Crippen molar-refractivity contribution in [2.45, 2.75) is 13.0 Å². The highest BCUT2D eigenvalue weighted by atomic mass is 16.3. The van der Waals surface area contributed by atoms with Crippen molar-refractivity contribution in [3.63, 3.8) is 0 Å². The van der Waals surface area contributed by atoms with Crippen molar-refractivity contribution in [1.82, 2.24) is 4.40 Å². The summed E-state index contributed by atoms with van der Waals surface area (Å²) in [5.74, 6) is -1.33. The lowest BCUT2D eigenvalue weighted by molar-refractivity contribution is -0.112. The van der Waals surface area contributed by atoms with E-state index in [0.29, 0.717) is 16.9 Å². The second kappa shape index (κ2) is 7.73. The minimum Gasteiger partial charge on any atom is -0.389 e. The first-order valence-corrected chi connectivity index (χ1v) is 9.34. The monoisotopic (exact) mass is 384 g/mol. The van der Waals surface area contributed by atoms with E-state index in [1.807, 2.05) is 54.6 Å². The van der Waals surface area contributed by atoms with Crippen LogP contribution in [0.1, 0.15) is 29.1 Å². The Bertz CT molecular complexity index is 1180. The van der Waals surface area contributed by atoms with Crippen molar-refractivity contribution in [3.05, 3.63) is 96.3 Å². The summed E-state index contributed by atoms with van der Waals surface area (Å²) >= 11 is 0. The van der Waals surface area contributed by atoms with Gasteiger partial charge in [-0.1, -0.05) is 48.5 Å². The third kappa shape index (κ3) is 3.68. The molecule has 0 fully saturated rings. The molecule has 0 bridgehead atoms. The van der Waals surface area contributed by atoms with E-state index >= 15 is 0 Å². The fourth-order valence-corrected chi connectivity index (χ4v) is 3.33. The van der Waals surface area contributed by atoms with Crippen LogP contribution in [0.4, 0.5) is 5.69 Å². The Morgan fingerprint density at radius 1 is 0.931 bits per heavy atom. The van der Waals surface area contributed by atoms with Crippen LogP contribution in [0.3, 0.4) is 0 Å². The molecule has 4 rings (SSSR count). The molecule has 0 aliphatic carbocycles. The van der Waals surface area contributed by atoms with E-state index in [4.69, 9.17) is 0 Å². The van der Waals surface area contributed by atoms with Crippen molar-refractivity contribution in [1.29, 1.82) is 0 Å². The van der Waals surface area contributed by atoms with Crippen LogP contribution < -0.4 is 5.32 Å². The molecule has 0 saturated heterocycles. The molecule has 1 atom stereocenters. The summed E-state index contributed by atoms with van der Waals surface area (Å²) in [5, 5.41) is 12.3. The number of carbonyl (C=O) groups excluding carboxylic acids is 2. The summed E-state index contributed by atoms with van der Waals surface area (Å²) in [6.07, 6.45) is 1.18. The predicted molar refractivity (Wildman–Crippen MR) is 113 cm³/mol. The number of benzene rings is 2.